The van der Waals surface area contributed by atoms with Crippen molar-refractivity contribution in [3.63, 3.8) is 0 Å². The molecule has 1 atom stereocenters. The van der Waals surface area contributed by atoms with Crippen molar-refractivity contribution in [1.29, 1.82) is 0 Å². The van der Waals surface area contributed by atoms with E-state index >= 15 is 0 Å². The molecule has 0 amide bonds. The van der Waals surface area contributed by atoms with E-state index in [4.69, 9.17) is 9.47 Å². The van der Waals surface area contributed by atoms with E-state index in [-0.39, 0.29) is 11.7 Å². The van der Waals surface area contributed by atoms with E-state index in [1.54, 1.807) is 6.92 Å². The molecular formula is C24H22O5. The highest BCUT2D eigenvalue weighted by molar-refractivity contribution is 6.06. The van der Waals surface area contributed by atoms with Gasteiger partial charge in [-0.1, -0.05) is 24.3 Å². The summed E-state index contributed by atoms with van der Waals surface area (Å²) in [6.07, 6.45) is 1.72. The fraction of sp³-hybridized carbons (Fsp3) is 0.292. The van der Waals surface area contributed by atoms with Crippen LogP contribution < -0.4 is 9.47 Å². The fourth-order valence-electron chi connectivity index (χ4n) is 4.23. The lowest BCUT2D eigenvalue weighted by Crippen LogP contribution is -2.23. The largest absolute Gasteiger partial charge is 0.426 e. The van der Waals surface area contributed by atoms with Crippen LogP contribution in [0.1, 0.15) is 38.3 Å². The lowest BCUT2D eigenvalue weighted by Gasteiger charge is -2.28. The van der Waals surface area contributed by atoms with Gasteiger partial charge in [0.15, 0.2) is 0 Å². The molecule has 1 aliphatic rings. The Morgan fingerprint density at radius 2 is 1.34 bits per heavy atom. The molecule has 0 radical (unpaired) electrons. The van der Waals surface area contributed by atoms with Gasteiger partial charge in [0, 0.05) is 41.7 Å². The lowest BCUT2D eigenvalue weighted by atomic mass is 9.79. The number of hydrogen-bond donors (Lipinski definition) is 0. The molecule has 0 bridgehead atoms. The van der Waals surface area contributed by atoms with E-state index < -0.39 is 11.9 Å². The quantitative estimate of drug-likeness (QED) is 0.373. The summed E-state index contributed by atoms with van der Waals surface area (Å²) >= 11 is 0. The third kappa shape index (κ3) is 3.48. The van der Waals surface area contributed by atoms with Crippen molar-refractivity contribution in [3.05, 3.63) is 47.5 Å². The molecule has 0 N–H and O–H groups in total. The second-order valence-corrected chi connectivity index (χ2v) is 7.60. The molecule has 1 unspecified atom stereocenters. The Bertz CT molecular complexity index is 1180. The number of ether oxygens (including phenoxy) is 2. The second kappa shape index (κ2) is 7.32. The summed E-state index contributed by atoms with van der Waals surface area (Å²) in [5, 5.41) is 3.42. The van der Waals surface area contributed by atoms with Crippen LogP contribution in [0.25, 0.3) is 21.5 Å². The van der Waals surface area contributed by atoms with Crippen LogP contribution in [0.2, 0.25) is 0 Å². The molecule has 0 heterocycles. The van der Waals surface area contributed by atoms with Crippen LogP contribution in [0.5, 0.6) is 11.5 Å². The van der Waals surface area contributed by atoms with Crippen molar-refractivity contribution >= 4 is 39.3 Å². The van der Waals surface area contributed by atoms with E-state index in [0.29, 0.717) is 36.1 Å². The summed E-state index contributed by atoms with van der Waals surface area (Å²) < 4.78 is 11.3. The van der Waals surface area contributed by atoms with Crippen LogP contribution in [0.4, 0.5) is 0 Å². The molecule has 0 saturated heterocycles. The van der Waals surface area contributed by atoms with Crippen LogP contribution in [0.15, 0.2) is 36.4 Å². The minimum atomic E-state index is -0.424. The van der Waals surface area contributed by atoms with Gasteiger partial charge in [-0.05, 0) is 49.1 Å². The molecule has 3 aromatic carbocycles. The number of esters is 2. The van der Waals surface area contributed by atoms with Crippen molar-refractivity contribution < 1.29 is 23.9 Å². The zero-order valence-corrected chi connectivity index (χ0v) is 16.7. The molecule has 3 aromatic rings. The maximum absolute atomic E-state index is 12.1. The third-order valence-electron chi connectivity index (χ3n) is 5.55. The van der Waals surface area contributed by atoms with Gasteiger partial charge >= 0.3 is 11.9 Å². The molecular weight excluding hydrogens is 368 g/mol. The van der Waals surface area contributed by atoms with E-state index in [0.717, 1.165) is 27.3 Å². The molecule has 0 aromatic heterocycles. The minimum Gasteiger partial charge on any atom is -0.426 e. The molecule has 5 nitrogen and oxygen atoms in total. The number of fused-ring (bicyclic) bond motifs is 3. The van der Waals surface area contributed by atoms with Crippen molar-refractivity contribution in [3.8, 4) is 11.5 Å². The molecule has 0 aliphatic heterocycles. The lowest BCUT2D eigenvalue weighted by molar-refractivity contribution is -0.133. The van der Waals surface area contributed by atoms with Crippen LogP contribution in [0, 0.1) is 5.92 Å². The average molecular weight is 390 g/mol. The van der Waals surface area contributed by atoms with Crippen LogP contribution in [-0.2, 0) is 27.2 Å². The summed E-state index contributed by atoms with van der Waals surface area (Å²) in [5.41, 5.74) is 1.63. The number of Topliss-reactive ketones (excluding diaryl/α,β-unsaturated/α-hetero) is 1. The highest BCUT2D eigenvalue weighted by Crippen LogP contribution is 2.46. The Hall–Kier alpha value is -3.21. The van der Waals surface area contributed by atoms with E-state index in [1.165, 1.54) is 13.8 Å². The van der Waals surface area contributed by atoms with Crippen molar-refractivity contribution in [2.45, 2.75) is 40.0 Å². The van der Waals surface area contributed by atoms with Crippen molar-refractivity contribution in [1.82, 2.24) is 0 Å². The second-order valence-electron chi connectivity index (χ2n) is 7.60. The number of ketones is 1. The highest BCUT2D eigenvalue weighted by Gasteiger charge is 2.31. The molecule has 1 aliphatic carbocycles. The summed E-state index contributed by atoms with van der Waals surface area (Å²) in [6, 6.07) is 11.8. The average Bonchev–Trinajstić information content (AvgIpc) is 2.68. The first-order valence-electron chi connectivity index (χ1n) is 9.72. The van der Waals surface area contributed by atoms with Crippen molar-refractivity contribution in [2.24, 2.45) is 5.92 Å². The van der Waals surface area contributed by atoms with Gasteiger partial charge in [0.1, 0.15) is 17.3 Å². The predicted molar refractivity (Wildman–Crippen MR) is 110 cm³/mol. The van der Waals surface area contributed by atoms with Crippen LogP contribution in [-0.4, -0.2) is 17.7 Å². The highest BCUT2D eigenvalue weighted by atomic mass is 16.5. The maximum atomic E-state index is 12.1. The Labute approximate surface area is 168 Å². The summed E-state index contributed by atoms with van der Waals surface area (Å²) in [7, 11) is 0. The number of hydrogen-bond acceptors (Lipinski definition) is 5. The summed E-state index contributed by atoms with van der Waals surface area (Å²) in [6.45, 7) is 4.33. The zero-order valence-electron chi connectivity index (χ0n) is 16.7. The number of rotatable bonds is 3. The molecule has 4 rings (SSSR count). The molecule has 29 heavy (non-hydrogen) atoms. The third-order valence-corrected chi connectivity index (χ3v) is 5.55. The molecule has 0 saturated carbocycles. The van der Waals surface area contributed by atoms with Crippen LogP contribution in [0.3, 0.4) is 0 Å². The zero-order chi connectivity index (χ0) is 20.7. The van der Waals surface area contributed by atoms with E-state index in [1.807, 2.05) is 36.4 Å². The fourth-order valence-corrected chi connectivity index (χ4v) is 4.23. The van der Waals surface area contributed by atoms with Gasteiger partial charge in [0.25, 0.3) is 0 Å². The predicted octanol–water partition coefficient (Wildman–Crippen LogP) is 4.54. The molecule has 0 spiro atoms. The Kier molecular flexibility index (Phi) is 4.82. The van der Waals surface area contributed by atoms with Gasteiger partial charge in [-0.2, -0.15) is 0 Å². The summed E-state index contributed by atoms with van der Waals surface area (Å²) in [5.74, 6) is 0.112. The summed E-state index contributed by atoms with van der Waals surface area (Å²) in [4.78, 5) is 35.8. The first-order valence-corrected chi connectivity index (χ1v) is 9.72. The maximum Gasteiger partial charge on any atom is 0.308 e. The minimum absolute atomic E-state index is 0.108. The number of benzene rings is 3. The van der Waals surface area contributed by atoms with Gasteiger partial charge in [0.2, 0.25) is 0 Å². The van der Waals surface area contributed by atoms with E-state index in [9.17, 15) is 14.4 Å². The van der Waals surface area contributed by atoms with Gasteiger partial charge in [-0.3, -0.25) is 14.4 Å². The first-order chi connectivity index (χ1) is 13.8. The number of carbonyl (C=O) groups excluding carboxylic acids is 3. The van der Waals surface area contributed by atoms with Gasteiger partial charge in [-0.15, -0.1) is 0 Å². The molecule has 5 heteroatoms. The standard InChI is InChI=1S/C24H22O5/c1-13(25)16-8-9-19-20(10-16)24(29-15(3)27)22-12-18-7-5-4-6-17(18)11-21(22)23(19)28-14(2)26/h4-7,11-12,16H,8-10H2,1-3H3. The normalized spacial score (nSPS) is 15.8. The monoisotopic (exact) mass is 390 g/mol. The Balaban J connectivity index is 2.10. The Morgan fingerprint density at radius 1 is 0.828 bits per heavy atom. The van der Waals surface area contributed by atoms with Crippen LogP contribution >= 0.6 is 0 Å². The van der Waals surface area contributed by atoms with E-state index in [2.05, 4.69) is 0 Å². The Morgan fingerprint density at radius 3 is 1.83 bits per heavy atom. The molecule has 148 valence electrons. The molecule has 0 fully saturated rings. The smallest absolute Gasteiger partial charge is 0.308 e. The SMILES string of the molecule is CC(=O)Oc1c2c(c(OC(C)=O)c3cc4ccccc4cc13)CC(C(C)=O)CC2. The van der Waals surface area contributed by atoms with Gasteiger partial charge in [-0.25, -0.2) is 0 Å². The number of carbonyl (C=O) groups is 3. The first kappa shape index (κ1) is 19.1. The topological polar surface area (TPSA) is 69.7 Å². The van der Waals surface area contributed by atoms with Crippen molar-refractivity contribution in [2.75, 3.05) is 0 Å². The van der Waals surface area contributed by atoms with Gasteiger partial charge < -0.3 is 9.47 Å². The van der Waals surface area contributed by atoms with Gasteiger partial charge in [0.05, 0.1) is 0 Å².